The topological polar surface area (TPSA) is 55.1 Å². The van der Waals surface area contributed by atoms with E-state index in [9.17, 15) is 9.18 Å². The molecule has 0 atom stereocenters. The van der Waals surface area contributed by atoms with Gasteiger partial charge in [-0.25, -0.2) is 4.39 Å². The lowest BCUT2D eigenvalue weighted by atomic mass is 10.1. The number of carbonyl (C=O) groups is 1. The third kappa shape index (κ3) is 3.79. The molecule has 0 aliphatic carbocycles. The van der Waals surface area contributed by atoms with E-state index in [4.69, 9.17) is 5.73 Å². The second-order valence-electron chi connectivity index (χ2n) is 4.02. The number of hydrogen-bond acceptors (Lipinski definition) is 2. The van der Waals surface area contributed by atoms with Crippen molar-refractivity contribution in [3.63, 3.8) is 0 Å². The molecule has 90 valence electrons. The first-order valence-corrected chi connectivity index (χ1v) is 4.73. The van der Waals surface area contributed by atoms with Gasteiger partial charge in [0.15, 0.2) is 0 Å². The number of benzene rings is 1. The van der Waals surface area contributed by atoms with Crippen LogP contribution in [-0.2, 0) is 0 Å². The van der Waals surface area contributed by atoms with Crippen LogP contribution in [0, 0.1) is 5.82 Å². The fraction of sp³-hybridized carbons (Fsp3) is 0.364. The summed E-state index contributed by atoms with van der Waals surface area (Å²) in [6.07, 6.45) is 0. The highest BCUT2D eigenvalue weighted by atomic mass is 35.5. The molecule has 0 aliphatic rings. The number of hydrogen-bond donors (Lipinski definition) is 2. The Morgan fingerprint density at radius 1 is 1.44 bits per heavy atom. The van der Waals surface area contributed by atoms with Crippen molar-refractivity contribution in [3.05, 3.63) is 35.6 Å². The van der Waals surface area contributed by atoms with E-state index in [1.54, 1.807) is 26.0 Å². The molecule has 0 radical (unpaired) electrons. The van der Waals surface area contributed by atoms with Crippen LogP contribution in [0.25, 0.3) is 0 Å². The van der Waals surface area contributed by atoms with Crippen LogP contribution in [0.2, 0.25) is 0 Å². The van der Waals surface area contributed by atoms with Crippen molar-refractivity contribution in [2.45, 2.75) is 19.4 Å². The van der Waals surface area contributed by atoms with Crippen molar-refractivity contribution < 1.29 is 9.18 Å². The fourth-order valence-corrected chi connectivity index (χ4v) is 1.07. The molecular weight excluding hydrogens is 231 g/mol. The monoisotopic (exact) mass is 246 g/mol. The quantitative estimate of drug-likeness (QED) is 0.853. The van der Waals surface area contributed by atoms with E-state index in [-0.39, 0.29) is 18.0 Å². The van der Waals surface area contributed by atoms with E-state index in [1.165, 1.54) is 12.1 Å². The Hall–Kier alpha value is -1.13. The summed E-state index contributed by atoms with van der Waals surface area (Å²) in [5, 5.41) is 2.66. The average molecular weight is 247 g/mol. The molecule has 1 rings (SSSR count). The van der Waals surface area contributed by atoms with Gasteiger partial charge in [0.2, 0.25) is 0 Å². The van der Waals surface area contributed by atoms with Crippen LogP contribution in [0.4, 0.5) is 4.39 Å². The Morgan fingerprint density at radius 2 is 2.00 bits per heavy atom. The van der Waals surface area contributed by atoms with E-state index in [0.29, 0.717) is 6.54 Å². The highest BCUT2D eigenvalue weighted by Gasteiger charge is 2.20. The zero-order chi connectivity index (χ0) is 11.5. The number of amides is 1. The normalized spacial score (nSPS) is 10.5. The highest BCUT2D eigenvalue weighted by molar-refractivity contribution is 5.94. The average Bonchev–Trinajstić information content (AvgIpc) is 2.17. The lowest BCUT2D eigenvalue weighted by molar-refractivity contribution is 0.0911. The first-order valence-electron chi connectivity index (χ1n) is 4.73. The van der Waals surface area contributed by atoms with E-state index >= 15 is 0 Å². The second-order valence-corrected chi connectivity index (χ2v) is 4.02. The lowest BCUT2D eigenvalue weighted by Crippen LogP contribution is -2.49. The van der Waals surface area contributed by atoms with Gasteiger partial charge < -0.3 is 11.1 Å². The minimum absolute atomic E-state index is 0. The fourth-order valence-electron chi connectivity index (χ4n) is 1.07. The van der Waals surface area contributed by atoms with E-state index in [0.717, 1.165) is 0 Å². The number of nitrogens with two attached hydrogens (primary N) is 1. The van der Waals surface area contributed by atoms with Gasteiger partial charge in [-0.15, -0.1) is 12.4 Å². The van der Waals surface area contributed by atoms with Crippen LogP contribution in [0.3, 0.4) is 0 Å². The first kappa shape index (κ1) is 14.9. The summed E-state index contributed by atoms with van der Waals surface area (Å²) in [5.74, 6) is -0.966. The van der Waals surface area contributed by atoms with Crippen molar-refractivity contribution in [1.29, 1.82) is 0 Å². The first-order chi connectivity index (χ1) is 6.96. The number of halogens is 2. The number of rotatable bonds is 3. The van der Waals surface area contributed by atoms with Crippen molar-refractivity contribution in [2.24, 2.45) is 5.73 Å². The molecular formula is C11H16ClFN2O. The van der Waals surface area contributed by atoms with Crippen LogP contribution < -0.4 is 11.1 Å². The van der Waals surface area contributed by atoms with Gasteiger partial charge in [0.25, 0.3) is 5.91 Å². The van der Waals surface area contributed by atoms with Crippen LogP contribution in [-0.4, -0.2) is 18.0 Å². The summed E-state index contributed by atoms with van der Waals surface area (Å²) < 4.78 is 13.2. The van der Waals surface area contributed by atoms with Gasteiger partial charge in [0.05, 0.1) is 5.56 Å². The number of carbonyl (C=O) groups excluding carboxylic acids is 1. The Balaban J connectivity index is 0.00000225. The summed E-state index contributed by atoms with van der Waals surface area (Å²) >= 11 is 0. The molecule has 0 aromatic heterocycles. The van der Waals surface area contributed by atoms with Gasteiger partial charge in [-0.2, -0.15) is 0 Å². The SMILES string of the molecule is CC(C)(CN)NC(=O)c1ccccc1F.Cl. The highest BCUT2D eigenvalue weighted by Crippen LogP contribution is 2.08. The molecule has 0 spiro atoms. The number of nitrogens with one attached hydrogen (secondary N) is 1. The maximum Gasteiger partial charge on any atom is 0.254 e. The molecule has 0 bridgehead atoms. The predicted octanol–water partition coefficient (Wildman–Crippen LogP) is 1.71. The van der Waals surface area contributed by atoms with Crippen molar-refractivity contribution in [1.82, 2.24) is 5.32 Å². The molecule has 0 heterocycles. The summed E-state index contributed by atoms with van der Waals surface area (Å²) in [6.45, 7) is 3.87. The molecule has 0 saturated heterocycles. The Morgan fingerprint density at radius 3 is 2.50 bits per heavy atom. The zero-order valence-corrected chi connectivity index (χ0v) is 10.1. The van der Waals surface area contributed by atoms with Gasteiger partial charge in [0.1, 0.15) is 5.82 Å². The third-order valence-electron chi connectivity index (χ3n) is 2.08. The van der Waals surface area contributed by atoms with Gasteiger partial charge in [-0.3, -0.25) is 4.79 Å². The van der Waals surface area contributed by atoms with E-state index < -0.39 is 17.3 Å². The van der Waals surface area contributed by atoms with Crippen LogP contribution in [0.15, 0.2) is 24.3 Å². The van der Waals surface area contributed by atoms with Crippen molar-refractivity contribution >= 4 is 18.3 Å². The molecule has 0 fully saturated rings. The third-order valence-corrected chi connectivity index (χ3v) is 2.08. The molecule has 5 heteroatoms. The van der Waals surface area contributed by atoms with Crippen molar-refractivity contribution in [2.75, 3.05) is 6.54 Å². The predicted molar refractivity (Wildman–Crippen MR) is 64.2 cm³/mol. The molecule has 1 amide bonds. The summed E-state index contributed by atoms with van der Waals surface area (Å²) in [7, 11) is 0. The van der Waals surface area contributed by atoms with Gasteiger partial charge >= 0.3 is 0 Å². The van der Waals surface area contributed by atoms with Crippen LogP contribution >= 0.6 is 12.4 Å². The Kier molecular flexibility index (Phi) is 5.41. The van der Waals surface area contributed by atoms with Crippen LogP contribution in [0.5, 0.6) is 0 Å². The molecule has 0 saturated carbocycles. The standard InChI is InChI=1S/C11H15FN2O.ClH/c1-11(2,7-13)14-10(15)8-5-3-4-6-9(8)12;/h3-6H,7,13H2,1-2H3,(H,14,15);1H. The Bertz CT molecular complexity index is 369. The minimum atomic E-state index is -0.528. The maximum atomic E-state index is 13.2. The molecule has 16 heavy (non-hydrogen) atoms. The largest absolute Gasteiger partial charge is 0.346 e. The van der Waals surface area contributed by atoms with Gasteiger partial charge in [0, 0.05) is 12.1 Å². The summed E-state index contributed by atoms with van der Waals surface area (Å²) in [4.78, 5) is 11.6. The molecule has 0 aliphatic heterocycles. The molecule has 3 nitrogen and oxygen atoms in total. The Labute approximate surface area is 101 Å². The smallest absolute Gasteiger partial charge is 0.254 e. The van der Waals surface area contributed by atoms with Gasteiger partial charge in [-0.1, -0.05) is 12.1 Å². The minimum Gasteiger partial charge on any atom is -0.346 e. The summed E-state index contributed by atoms with van der Waals surface area (Å²) in [6, 6.07) is 5.86. The molecule has 3 N–H and O–H groups in total. The molecule has 1 aromatic rings. The summed E-state index contributed by atoms with van der Waals surface area (Å²) in [5.41, 5.74) is 4.97. The van der Waals surface area contributed by atoms with Gasteiger partial charge in [-0.05, 0) is 26.0 Å². The van der Waals surface area contributed by atoms with E-state index in [2.05, 4.69) is 5.32 Å². The maximum absolute atomic E-state index is 13.2. The van der Waals surface area contributed by atoms with Crippen LogP contribution in [0.1, 0.15) is 24.2 Å². The molecule has 0 unspecified atom stereocenters. The second kappa shape index (κ2) is 5.82. The van der Waals surface area contributed by atoms with Crippen molar-refractivity contribution in [3.8, 4) is 0 Å². The van der Waals surface area contributed by atoms with E-state index in [1.807, 2.05) is 0 Å². The lowest BCUT2D eigenvalue weighted by Gasteiger charge is -2.24. The molecule has 1 aromatic carbocycles. The zero-order valence-electron chi connectivity index (χ0n) is 9.29.